The van der Waals surface area contributed by atoms with Crippen LogP contribution in [0, 0.1) is 17.1 Å². The standard InChI is InChI=1S/C20H20FN3O2S/c21-18-6-8-19(9-7-18)27(25,26)20(14-22)16-24-12-10-23(11-13-24)15-17-4-2-1-3-5-17/h1-9,16H,10-13,15H2. The van der Waals surface area contributed by atoms with Crippen LogP contribution in [-0.4, -0.2) is 44.4 Å². The molecule has 2 aromatic rings. The van der Waals surface area contributed by atoms with Crippen LogP contribution in [0.25, 0.3) is 0 Å². The van der Waals surface area contributed by atoms with Gasteiger partial charge in [-0.2, -0.15) is 5.26 Å². The maximum Gasteiger partial charge on any atom is 0.218 e. The average Bonchev–Trinajstić information content (AvgIpc) is 2.68. The second-order valence-corrected chi connectivity index (χ2v) is 8.28. The Morgan fingerprint density at radius 3 is 2.26 bits per heavy atom. The fourth-order valence-electron chi connectivity index (χ4n) is 2.96. The van der Waals surface area contributed by atoms with Gasteiger partial charge in [-0.05, 0) is 29.8 Å². The van der Waals surface area contributed by atoms with Crippen LogP contribution in [-0.2, 0) is 16.4 Å². The van der Waals surface area contributed by atoms with Crippen molar-refractivity contribution >= 4 is 9.84 Å². The monoisotopic (exact) mass is 385 g/mol. The SMILES string of the molecule is N#CC(=CN1CCN(Cc2ccccc2)CC1)S(=O)(=O)c1ccc(F)cc1. The molecule has 0 unspecified atom stereocenters. The van der Waals surface area contributed by atoms with E-state index in [0.29, 0.717) is 13.1 Å². The molecule has 1 aliphatic rings. The molecule has 1 saturated heterocycles. The van der Waals surface area contributed by atoms with E-state index >= 15 is 0 Å². The molecular weight excluding hydrogens is 365 g/mol. The van der Waals surface area contributed by atoms with E-state index in [1.165, 1.54) is 23.9 Å². The van der Waals surface area contributed by atoms with Crippen molar-refractivity contribution in [2.75, 3.05) is 26.2 Å². The Morgan fingerprint density at radius 2 is 1.67 bits per heavy atom. The molecule has 1 aliphatic heterocycles. The largest absolute Gasteiger partial charge is 0.373 e. The predicted octanol–water partition coefficient (Wildman–Crippen LogP) is 2.78. The molecule has 0 aliphatic carbocycles. The third kappa shape index (κ3) is 4.73. The number of nitrogens with zero attached hydrogens (tertiary/aromatic N) is 3. The van der Waals surface area contributed by atoms with Crippen LogP contribution in [0.3, 0.4) is 0 Å². The summed E-state index contributed by atoms with van der Waals surface area (Å²) in [7, 11) is -3.95. The molecule has 0 aromatic heterocycles. The zero-order valence-corrected chi connectivity index (χ0v) is 15.6. The second-order valence-electron chi connectivity index (χ2n) is 6.36. The van der Waals surface area contributed by atoms with Crippen molar-refractivity contribution in [3.05, 3.63) is 77.1 Å². The van der Waals surface area contributed by atoms with E-state index in [2.05, 4.69) is 17.0 Å². The Bertz CT molecular complexity index is 943. The van der Waals surface area contributed by atoms with Crippen molar-refractivity contribution in [3.63, 3.8) is 0 Å². The minimum Gasteiger partial charge on any atom is -0.373 e. The van der Waals surface area contributed by atoms with Crippen molar-refractivity contribution in [1.82, 2.24) is 9.80 Å². The maximum atomic E-state index is 13.0. The maximum absolute atomic E-state index is 13.0. The highest BCUT2D eigenvalue weighted by Gasteiger charge is 2.23. The molecule has 5 nitrogen and oxygen atoms in total. The molecular formula is C20H20FN3O2S. The molecule has 0 bridgehead atoms. The number of sulfone groups is 1. The summed E-state index contributed by atoms with van der Waals surface area (Å²) < 4.78 is 38.2. The van der Waals surface area contributed by atoms with Gasteiger partial charge in [0, 0.05) is 38.9 Å². The zero-order valence-electron chi connectivity index (χ0n) is 14.8. The van der Waals surface area contributed by atoms with E-state index in [9.17, 15) is 18.1 Å². The summed E-state index contributed by atoms with van der Waals surface area (Å²) in [6.07, 6.45) is 1.40. The van der Waals surface area contributed by atoms with E-state index in [4.69, 9.17) is 0 Å². The van der Waals surface area contributed by atoms with Crippen molar-refractivity contribution in [2.24, 2.45) is 0 Å². The Morgan fingerprint density at radius 1 is 1.04 bits per heavy atom. The van der Waals surface area contributed by atoms with E-state index < -0.39 is 15.7 Å². The molecule has 1 fully saturated rings. The highest BCUT2D eigenvalue weighted by atomic mass is 32.2. The van der Waals surface area contributed by atoms with Crippen LogP contribution in [0.5, 0.6) is 0 Å². The summed E-state index contributed by atoms with van der Waals surface area (Å²) >= 11 is 0. The minimum absolute atomic E-state index is 0.0839. The molecule has 0 amide bonds. The van der Waals surface area contributed by atoms with Crippen LogP contribution < -0.4 is 0 Å². The van der Waals surface area contributed by atoms with E-state index in [1.807, 2.05) is 23.1 Å². The van der Waals surface area contributed by atoms with Gasteiger partial charge >= 0.3 is 0 Å². The lowest BCUT2D eigenvalue weighted by Gasteiger charge is -2.34. The molecule has 0 radical (unpaired) electrons. The average molecular weight is 385 g/mol. The van der Waals surface area contributed by atoms with Gasteiger partial charge in [-0.3, -0.25) is 4.90 Å². The van der Waals surface area contributed by atoms with E-state index in [1.54, 1.807) is 6.07 Å². The Labute approximate surface area is 158 Å². The first kappa shape index (κ1) is 19.1. The highest BCUT2D eigenvalue weighted by molar-refractivity contribution is 7.95. The van der Waals surface area contributed by atoms with Crippen molar-refractivity contribution in [1.29, 1.82) is 5.26 Å². The third-order valence-electron chi connectivity index (χ3n) is 4.48. The summed E-state index contributed by atoms with van der Waals surface area (Å²) in [6, 6.07) is 16.4. The Balaban J connectivity index is 1.67. The highest BCUT2D eigenvalue weighted by Crippen LogP contribution is 2.20. The summed E-state index contributed by atoms with van der Waals surface area (Å²) in [4.78, 5) is 3.73. The van der Waals surface area contributed by atoms with Crippen molar-refractivity contribution < 1.29 is 12.8 Å². The molecule has 140 valence electrons. The fourth-order valence-corrected chi connectivity index (χ4v) is 4.11. The van der Waals surface area contributed by atoms with Crippen LogP contribution in [0.1, 0.15) is 5.56 Å². The molecule has 3 rings (SSSR count). The molecule has 27 heavy (non-hydrogen) atoms. The number of halogens is 1. The van der Waals surface area contributed by atoms with Gasteiger partial charge in [0.2, 0.25) is 9.84 Å². The smallest absolute Gasteiger partial charge is 0.218 e. The first-order valence-corrected chi connectivity index (χ1v) is 10.1. The third-order valence-corrected chi connectivity index (χ3v) is 6.15. The molecule has 0 saturated carbocycles. The normalized spacial score (nSPS) is 16.1. The molecule has 0 spiro atoms. The van der Waals surface area contributed by atoms with Crippen molar-refractivity contribution in [2.45, 2.75) is 11.4 Å². The summed E-state index contributed by atoms with van der Waals surface area (Å²) in [5, 5.41) is 9.35. The molecule has 2 aromatic carbocycles. The van der Waals surface area contributed by atoms with Gasteiger partial charge in [0.25, 0.3) is 0 Å². The zero-order chi connectivity index (χ0) is 19.3. The second kappa shape index (κ2) is 8.33. The van der Waals surface area contributed by atoms with Crippen LogP contribution >= 0.6 is 0 Å². The van der Waals surface area contributed by atoms with Gasteiger partial charge in [-0.1, -0.05) is 30.3 Å². The number of hydrogen-bond acceptors (Lipinski definition) is 5. The summed E-state index contributed by atoms with van der Waals surface area (Å²) in [6.45, 7) is 3.67. The molecule has 0 N–H and O–H groups in total. The van der Waals surface area contributed by atoms with Gasteiger partial charge in [0.1, 0.15) is 11.9 Å². The number of allylic oxidation sites excluding steroid dienone is 1. The fraction of sp³-hybridized carbons (Fsp3) is 0.250. The number of benzene rings is 2. The molecule has 7 heteroatoms. The number of rotatable bonds is 5. The van der Waals surface area contributed by atoms with Gasteiger partial charge in [-0.25, -0.2) is 12.8 Å². The van der Waals surface area contributed by atoms with E-state index in [0.717, 1.165) is 31.8 Å². The quantitative estimate of drug-likeness (QED) is 0.585. The van der Waals surface area contributed by atoms with E-state index in [-0.39, 0.29) is 9.80 Å². The van der Waals surface area contributed by atoms with Crippen LogP contribution in [0.4, 0.5) is 4.39 Å². The first-order valence-electron chi connectivity index (χ1n) is 8.62. The lowest BCUT2D eigenvalue weighted by atomic mass is 10.2. The predicted molar refractivity (Wildman–Crippen MR) is 101 cm³/mol. The minimum atomic E-state index is -3.95. The van der Waals surface area contributed by atoms with Crippen LogP contribution in [0.2, 0.25) is 0 Å². The lowest BCUT2D eigenvalue weighted by Crippen LogP contribution is -2.43. The number of hydrogen-bond donors (Lipinski definition) is 0. The van der Waals surface area contributed by atoms with Gasteiger partial charge < -0.3 is 4.90 Å². The topological polar surface area (TPSA) is 64.4 Å². The van der Waals surface area contributed by atoms with Gasteiger partial charge in [-0.15, -0.1) is 0 Å². The Kier molecular flexibility index (Phi) is 5.89. The summed E-state index contributed by atoms with van der Waals surface area (Å²) in [5.74, 6) is -0.522. The first-order chi connectivity index (χ1) is 13.0. The van der Waals surface area contributed by atoms with Crippen LogP contribution in [0.15, 0.2) is 70.6 Å². The number of piperazine rings is 1. The lowest BCUT2D eigenvalue weighted by molar-refractivity contribution is 0.162. The molecule has 1 heterocycles. The number of nitriles is 1. The van der Waals surface area contributed by atoms with Crippen molar-refractivity contribution in [3.8, 4) is 6.07 Å². The Hall–Kier alpha value is -2.69. The molecule has 0 atom stereocenters. The van der Waals surface area contributed by atoms with Gasteiger partial charge in [0.05, 0.1) is 4.90 Å². The summed E-state index contributed by atoms with van der Waals surface area (Å²) in [5.41, 5.74) is 1.23. The van der Waals surface area contributed by atoms with Gasteiger partial charge in [0.15, 0.2) is 4.91 Å².